The molecule has 2 unspecified atom stereocenters. The summed E-state index contributed by atoms with van der Waals surface area (Å²) in [5.74, 6) is -1.61. The Morgan fingerprint density at radius 1 is 1.38 bits per heavy atom. The highest BCUT2D eigenvalue weighted by atomic mass is 16.4. The molecule has 5 nitrogen and oxygen atoms in total. The van der Waals surface area contributed by atoms with Crippen molar-refractivity contribution in [1.29, 1.82) is 0 Å². The minimum absolute atomic E-state index is 0.0191. The number of hydrogen-bond donors (Lipinski definition) is 3. The van der Waals surface area contributed by atoms with Gasteiger partial charge in [-0.05, 0) is 23.5 Å². The van der Waals surface area contributed by atoms with Crippen LogP contribution in [0.4, 0.5) is 0 Å². The number of nitrogens with one attached hydrogen (secondary N) is 2. The molecule has 1 amide bonds. The molecule has 114 valence electrons. The van der Waals surface area contributed by atoms with Gasteiger partial charge in [-0.1, -0.05) is 38.1 Å². The number of fused-ring (bicyclic) bond motifs is 1. The molecule has 1 aliphatic rings. The van der Waals surface area contributed by atoms with Gasteiger partial charge in [0.15, 0.2) is 0 Å². The van der Waals surface area contributed by atoms with E-state index < -0.39 is 17.9 Å². The third-order valence-corrected chi connectivity index (χ3v) is 3.99. The summed E-state index contributed by atoms with van der Waals surface area (Å²) < 4.78 is 0. The van der Waals surface area contributed by atoms with Gasteiger partial charge in [0.25, 0.3) is 0 Å². The van der Waals surface area contributed by atoms with Crippen LogP contribution in [0.3, 0.4) is 0 Å². The van der Waals surface area contributed by atoms with Crippen molar-refractivity contribution in [3.8, 4) is 0 Å². The van der Waals surface area contributed by atoms with Crippen LogP contribution in [0.2, 0.25) is 0 Å². The lowest BCUT2D eigenvalue weighted by atomic mass is 9.93. The molecule has 1 aromatic carbocycles. The van der Waals surface area contributed by atoms with Crippen LogP contribution in [-0.2, 0) is 16.0 Å². The van der Waals surface area contributed by atoms with Gasteiger partial charge in [-0.15, -0.1) is 0 Å². The lowest BCUT2D eigenvalue weighted by molar-refractivity contribution is -0.143. The molecule has 0 saturated carbocycles. The van der Waals surface area contributed by atoms with Crippen molar-refractivity contribution in [2.75, 3.05) is 13.1 Å². The van der Waals surface area contributed by atoms with Crippen LogP contribution in [-0.4, -0.2) is 30.1 Å². The molecular formula is C16H22N2O3. The zero-order chi connectivity index (χ0) is 15.4. The number of benzene rings is 1. The summed E-state index contributed by atoms with van der Waals surface area (Å²) in [6.45, 7) is 4.60. The second kappa shape index (κ2) is 6.72. The first-order valence-electron chi connectivity index (χ1n) is 7.32. The number of hydrogen-bond acceptors (Lipinski definition) is 3. The summed E-state index contributed by atoms with van der Waals surface area (Å²) in [7, 11) is 0. The van der Waals surface area contributed by atoms with Gasteiger partial charge in [0.1, 0.15) is 6.04 Å². The Labute approximate surface area is 124 Å². The van der Waals surface area contributed by atoms with Crippen LogP contribution in [0.15, 0.2) is 24.3 Å². The van der Waals surface area contributed by atoms with Crippen LogP contribution >= 0.6 is 0 Å². The topological polar surface area (TPSA) is 78.4 Å². The SMILES string of the molecule is CC(C)C(CNC(=O)C1NCCc2ccccc21)C(=O)O. The molecule has 1 heterocycles. The monoisotopic (exact) mass is 290 g/mol. The highest BCUT2D eigenvalue weighted by Crippen LogP contribution is 2.22. The Bertz CT molecular complexity index is 528. The third kappa shape index (κ3) is 3.61. The number of carboxylic acids is 1. The van der Waals surface area contributed by atoms with Crippen molar-refractivity contribution in [2.45, 2.75) is 26.3 Å². The molecule has 0 aromatic heterocycles. The Hall–Kier alpha value is -1.88. The molecule has 0 saturated heterocycles. The van der Waals surface area contributed by atoms with Gasteiger partial charge < -0.3 is 15.7 Å². The maximum Gasteiger partial charge on any atom is 0.308 e. The molecule has 5 heteroatoms. The van der Waals surface area contributed by atoms with E-state index in [1.54, 1.807) is 0 Å². The Balaban J connectivity index is 2.03. The van der Waals surface area contributed by atoms with Crippen LogP contribution in [0, 0.1) is 11.8 Å². The Morgan fingerprint density at radius 2 is 2.10 bits per heavy atom. The van der Waals surface area contributed by atoms with Gasteiger partial charge in [-0.3, -0.25) is 9.59 Å². The largest absolute Gasteiger partial charge is 0.481 e. The summed E-state index contributed by atoms with van der Waals surface area (Å²) in [5.41, 5.74) is 2.16. The molecule has 0 fully saturated rings. The lowest BCUT2D eigenvalue weighted by Crippen LogP contribution is -2.44. The van der Waals surface area contributed by atoms with Crippen molar-refractivity contribution in [3.63, 3.8) is 0 Å². The number of amides is 1. The van der Waals surface area contributed by atoms with Crippen molar-refractivity contribution in [3.05, 3.63) is 35.4 Å². The molecule has 1 aromatic rings. The maximum absolute atomic E-state index is 12.3. The number of rotatable bonds is 5. The maximum atomic E-state index is 12.3. The van der Waals surface area contributed by atoms with Crippen LogP contribution in [0.5, 0.6) is 0 Å². The first-order chi connectivity index (χ1) is 10.0. The highest BCUT2D eigenvalue weighted by Gasteiger charge is 2.28. The normalized spacial score (nSPS) is 18.9. The van der Waals surface area contributed by atoms with Crippen molar-refractivity contribution >= 4 is 11.9 Å². The van der Waals surface area contributed by atoms with Gasteiger partial charge in [0.2, 0.25) is 5.91 Å². The second-order valence-corrected chi connectivity index (χ2v) is 5.77. The molecule has 21 heavy (non-hydrogen) atoms. The van der Waals surface area contributed by atoms with E-state index in [0.29, 0.717) is 0 Å². The van der Waals surface area contributed by atoms with Crippen LogP contribution < -0.4 is 10.6 Å². The fraction of sp³-hybridized carbons (Fsp3) is 0.500. The average molecular weight is 290 g/mol. The van der Waals surface area contributed by atoms with Gasteiger partial charge >= 0.3 is 5.97 Å². The second-order valence-electron chi connectivity index (χ2n) is 5.77. The number of aliphatic carboxylic acids is 1. The number of carbonyl (C=O) groups is 2. The summed E-state index contributed by atoms with van der Waals surface area (Å²) >= 11 is 0. The summed E-state index contributed by atoms with van der Waals surface area (Å²) in [6, 6.07) is 7.48. The molecule has 2 atom stereocenters. The molecule has 3 N–H and O–H groups in total. The lowest BCUT2D eigenvalue weighted by Gasteiger charge is -2.27. The minimum Gasteiger partial charge on any atom is -0.481 e. The smallest absolute Gasteiger partial charge is 0.308 e. The van der Waals surface area contributed by atoms with Crippen molar-refractivity contribution in [2.24, 2.45) is 11.8 Å². The van der Waals surface area contributed by atoms with E-state index in [2.05, 4.69) is 10.6 Å². The molecule has 0 bridgehead atoms. The van der Waals surface area contributed by atoms with E-state index in [9.17, 15) is 9.59 Å². The standard InChI is InChI=1S/C16H22N2O3/c1-10(2)13(16(20)21)9-18-15(19)14-12-6-4-3-5-11(12)7-8-17-14/h3-6,10,13-14,17H,7-9H2,1-2H3,(H,18,19)(H,20,21). The third-order valence-electron chi connectivity index (χ3n) is 3.99. The van der Waals surface area contributed by atoms with E-state index in [1.807, 2.05) is 38.1 Å². The van der Waals surface area contributed by atoms with Crippen molar-refractivity contribution < 1.29 is 14.7 Å². The van der Waals surface area contributed by atoms with E-state index in [4.69, 9.17) is 5.11 Å². The Morgan fingerprint density at radius 3 is 2.76 bits per heavy atom. The molecule has 0 radical (unpaired) electrons. The molecule has 2 rings (SSSR count). The fourth-order valence-corrected chi connectivity index (χ4v) is 2.66. The average Bonchev–Trinajstić information content (AvgIpc) is 2.46. The van der Waals surface area contributed by atoms with Gasteiger partial charge in [0.05, 0.1) is 5.92 Å². The van der Waals surface area contributed by atoms with Gasteiger partial charge in [-0.25, -0.2) is 0 Å². The zero-order valence-corrected chi connectivity index (χ0v) is 12.4. The van der Waals surface area contributed by atoms with Crippen LogP contribution in [0.1, 0.15) is 31.0 Å². The van der Waals surface area contributed by atoms with E-state index in [1.165, 1.54) is 5.56 Å². The van der Waals surface area contributed by atoms with E-state index in [-0.39, 0.29) is 18.4 Å². The van der Waals surface area contributed by atoms with Gasteiger partial charge in [0, 0.05) is 13.1 Å². The van der Waals surface area contributed by atoms with Crippen LogP contribution in [0.25, 0.3) is 0 Å². The molecular weight excluding hydrogens is 268 g/mol. The minimum atomic E-state index is -0.873. The van der Waals surface area contributed by atoms with E-state index in [0.717, 1.165) is 18.5 Å². The molecule has 0 spiro atoms. The van der Waals surface area contributed by atoms with Crippen molar-refractivity contribution in [1.82, 2.24) is 10.6 Å². The molecule has 0 aliphatic carbocycles. The first kappa shape index (κ1) is 15.5. The quantitative estimate of drug-likeness (QED) is 0.765. The highest BCUT2D eigenvalue weighted by molar-refractivity contribution is 5.84. The Kier molecular flexibility index (Phi) is 4.96. The predicted molar refractivity (Wildman–Crippen MR) is 79.9 cm³/mol. The van der Waals surface area contributed by atoms with Gasteiger partial charge in [-0.2, -0.15) is 0 Å². The zero-order valence-electron chi connectivity index (χ0n) is 12.4. The van der Waals surface area contributed by atoms with E-state index >= 15 is 0 Å². The summed E-state index contributed by atoms with van der Waals surface area (Å²) in [5, 5.41) is 15.1. The number of carboxylic acid groups (broad SMARTS) is 1. The predicted octanol–water partition coefficient (Wildman–Crippen LogP) is 1.35. The number of carbonyl (C=O) groups excluding carboxylic acids is 1. The summed E-state index contributed by atoms with van der Waals surface area (Å²) in [4.78, 5) is 23.5. The first-order valence-corrected chi connectivity index (χ1v) is 7.32. The summed E-state index contributed by atoms with van der Waals surface area (Å²) in [6.07, 6.45) is 0.906. The fourth-order valence-electron chi connectivity index (χ4n) is 2.66. The molecule has 1 aliphatic heterocycles.